The zero-order valence-corrected chi connectivity index (χ0v) is 14.2. The minimum Gasteiger partial charge on any atom is -0.480 e. The van der Waals surface area contributed by atoms with Gasteiger partial charge in [-0.2, -0.15) is 0 Å². The number of carboxylic acids is 1. The second-order valence-corrected chi connectivity index (χ2v) is 6.86. The fraction of sp³-hybridized carbons (Fsp3) is 0.429. The van der Waals surface area contributed by atoms with Crippen LogP contribution in [-0.2, 0) is 26.8 Å². The van der Waals surface area contributed by atoms with Crippen molar-refractivity contribution in [1.82, 2.24) is 0 Å². The van der Waals surface area contributed by atoms with Crippen LogP contribution in [0.2, 0.25) is 0 Å². The van der Waals surface area contributed by atoms with Crippen LogP contribution in [0.5, 0.6) is 5.75 Å². The van der Waals surface area contributed by atoms with E-state index in [0.29, 0.717) is 5.56 Å². The van der Waals surface area contributed by atoms with Crippen LogP contribution < -0.4 is 16.2 Å². The Morgan fingerprint density at radius 2 is 2.00 bits per heavy atom. The molecule has 0 radical (unpaired) electrons. The fourth-order valence-electron chi connectivity index (χ4n) is 1.85. The van der Waals surface area contributed by atoms with Crippen LogP contribution in [0, 0.1) is 10.1 Å². The first-order valence-corrected chi connectivity index (χ1v) is 8.87. The lowest BCUT2D eigenvalue weighted by atomic mass is 10.1. The summed E-state index contributed by atoms with van der Waals surface area (Å²) in [6.45, 7) is 0. The van der Waals surface area contributed by atoms with Crippen molar-refractivity contribution in [3.8, 4) is 5.75 Å². The van der Waals surface area contributed by atoms with Crippen molar-refractivity contribution in [2.75, 3.05) is 12.0 Å². The maximum atomic E-state index is 11.9. The monoisotopic (exact) mass is 373 g/mol. The highest BCUT2D eigenvalue weighted by Gasteiger charge is 2.23. The highest BCUT2D eigenvalue weighted by atomic mass is 32.2. The zero-order chi connectivity index (χ0) is 19.1. The molecule has 25 heavy (non-hydrogen) atoms. The lowest BCUT2D eigenvalue weighted by molar-refractivity contribution is -0.385. The van der Waals surface area contributed by atoms with E-state index in [0.717, 1.165) is 6.07 Å². The molecule has 0 saturated heterocycles. The van der Waals surface area contributed by atoms with Crippen LogP contribution in [0.4, 0.5) is 5.69 Å². The van der Waals surface area contributed by atoms with Crippen LogP contribution in [0.25, 0.3) is 0 Å². The van der Waals surface area contributed by atoms with Gasteiger partial charge in [-0.1, -0.05) is 6.07 Å². The summed E-state index contributed by atoms with van der Waals surface area (Å²) in [5.41, 5.74) is 10.8. The van der Waals surface area contributed by atoms with E-state index in [1.165, 1.54) is 18.4 Å². The molecule has 138 valence electrons. The quantitative estimate of drug-likeness (QED) is 0.224. The van der Waals surface area contributed by atoms with Gasteiger partial charge in [0, 0.05) is 28.9 Å². The van der Waals surface area contributed by atoms with E-state index in [2.05, 4.69) is 0 Å². The van der Waals surface area contributed by atoms with Gasteiger partial charge >= 0.3 is 17.6 Å². The molecule has 0 amide bonds. The first kappa shape index (κ1) is 20.7. The lowest BCUT2D eigenvalue weighted by Crippen LogP contribution is -2.35. The first-order valence-electron chi connectivity index (χ1n) is 7.14. The number of carbonyl (C=O) groups excluding carboxylic acids is 1. The highest BCUT2D eigenvalue weighted by Crippen LogP contribution is 2.28. The van der Waals surface area contributed by atoms with Crippen LogP contribution in [0.3, 0.4) is 0 Å². The average Bonchev–Trinajstić information content (AvgIpc) is 2.53. The number of rotatable bonds is 9. The van der Waals surface area contributed by atoms with Crippen molar-refractivity contribution in [2.45, 2.75) is 24.9 Å². The molecule has 1 rings (SSSR count). The topological polar surface area (TPSA) is 176 Å². The van der Waals surface area contributed by atoms with Gasteiger partial charge in [0.15, 0.2) is 0 Å². The van der Waals surface area contributed by atoms with Gasteiger partial charge in [0.1, 0.15) is 12.1 Å². The predicted molar refractivity (Wildman–Crippen MR) is 89.6 cm³/mol. The number of nitro benzene ring substituents is 1. The standard InChI is InChI=1S/C14H19N3O7S/c1-25(23)5-4-9(15)14(20)24-12-3-2-8(6-10(16)13(18)19)7-11(12)17(21)22/h2-3,7,9-10H,4-6,15-16H2,1H3,(H,18,19)/t9-,10-,25?/m0/s1. The van der Waals surface area contributed by atoms with Crippen LogP contribution in [-0.4, -0.2) is 50.3 Å². The summed E-state index contributed by atoms with van der Waals surface area (Å²) in [4.78, 5) is 33.0. The highest BCUT2D eigenvalue weighted by molar-refractivity contribution is 7.84. The number of hydrogen-bond donors (Lipinski definition) is 3. The molecule has 5 N–H and O–H groups in total. The summed E-state index contributed by atoms with van der Waals surface area (Å²) in [5.74, 6) is -2.23. The van der Waals surface area contributed by atoms with Gasteiger partial charge in [-0.3, -0.25) is 19.1 Å². The van der Waals surface area contributed by atoms with E-state index in [1.807, 2.05) is 0 Å². The Hall–Kier alpha value is -2.37. The number of nitrogens with zero attached hydrogens (tertiary/aromatic N) is 1. The molecular formula is C14H19N3O7S. The largest absolute Gasteiger partial charge is 0.480 e. The van der Waals surface area contributed by atoms with E-state index in [4.69, 9.17) is 21.3 Å². The molecule has 0 aliphatic carbocycles. The Morgan fingerprint density at radius 3 is 2.52 bits per heavy atom. The number of carboxylic acid groups (broad SMARTS) is 1. The maximum Gasteiger partial charge on any atom is 0.328 e. The van der Waals surface area contributed by atoms with Crippen molar-refractivity contribution >= 4 is 28.4 Å². The molecule has 3 atom stereocenters. The van der Waals surface area contributed by atoms with E-state index in [1.54, 1.807) is 0 Å². The van der Waals surface area contributed by atoms with Crippen LogP contribution >= 0.6 is 0 Å². The normalized spacial score (nSPS) is 14.4. The number of benzene rings is 1. The number of ether oxygens (including phenoxy) is 1. The van der Waals surface area contributed by atoms with E-state index in [-0.39, 0.29) is 24.3 Å². The number of carbonyl (C=O) groups is 2. The molecule has 0 aliphatic heterocycles. The van der Waals surface area contributed by atoms with E-state index in [9.17, 15) is 23.9 Å². The maximum absolute atomic E-state index is 11.9. The minimum atomic E-state index is -1.24. The van der Waals surface area contributed by atoms with Gasteiger partial charge in [-0.15, -0.1) is 0 Å². The third kappa shape index (κ3) is 6.57. The summed E-state index contributed by atoms with van der Waals surface area (Å²) < 4.78 is 16.0. The van der Waals surface area contributed by atoms with E-state index >= 15 is 0 Å². The van der Waals surface area contributed by atoms with Crippen molar-refractivity contribution in [3.05, 3.63) is 33.9 Å². The Bertz CT molecular complexity index is 695. The lowest BCUT2D eigenvalue weighted by Gasteiger charge is -2.12. The Labute approximate surface area is 145 Å². The van der Waals surface area contributed by atoms with Crippen molar-refractivity contribution in [1.29, 1.82) is 0 Å². The third-order valence-electron chi connectivity index (χ3n) is 3.22. The molecule has 10 nitrogen and oxygen atoms in total. The number of nitrogens with two attached hydrogens (primary N) is 2. The van der Waals surface area contributed by atoms with E-state index < -0.39 is 45.4 Å². The molecule has 1 aromatic carbocycles. The third-order valence-corrected chi connectivity index (χ3v) is 4.03. The molecule has 0 saturated carbocycles. The van der Waals surface area contributed by atoms with Gasteiger partial charge in [-0.05, 0) is 24.5 Å². The van der Waals surface area contributed by atoms with Gasteiger partial charge in [-0.25, -0.2) is 4.79 Å². The first-order chi connectivity index (χ1) is 11.6. The molecule has 1 aromatic rings. The summed E-state index contributed by atoms with van der Waals surface area (Å²) in [6.07, 6.45) is 1.46. The molecule has 0 aromatic heterocycles. The SMILES string of the molecule is CS(=O)CC[C@H](N)C(=O)Oc1ccc(C[C@H](N)C(=O)O)cc1[N+](=O)[O-]. The second-order valence-electron chi connectivity index (χ2n) is 5.30. The second kappa shape index (κ2) is 9.20. The summed E-state index contributed by atoms with van der Waals surface area (Å²) >= 11 is 0. The molecule has 11 heteroatoms. The van der Waals surface area contributed by atoms with Crippen LogP contribution in [0.15, 0.2) is 18.2 Å². The predicted octanol–water partition coefficient (Wildman–Crippen LogP) is -0.449. The number of hydrogen-bond acceptors (Lipinski definition) is 8. The van der Waals surface area contributed by atoms with Crippen molar-refractivity contribution in [2.24, 2.45) is 11.5 Å². The Morgan fingerprint density at radius 1 is 1.36 bits per heavy atom. The zero-order valence-electron chi connectivity index (χ0n) is 13.4. The summed E-state index contributed by atoms with van der Waals surface area (Å²) in [7, 11) is -1.13. The number of aliphatic carboxylic acids is 1. The fourth-order valence-corrected chi connectivity index (χ4v) is 2.44. The molecule has 0 aliphatic rings. The molecule has 0 heterocycles. The Balaban J connectivity index is 2.92. The molecule has 0 fully saturated rings. The number of nitro groups is 1. The van der Waals surface area contributed by atoms with Crippen molar-refractivity contribution in [3.63, 3.8) is 0 Å². The van der Waals surface area contributed by atoms with Crippen LogP contribution in [0.1, 0.15) is 12.0 Å². The Kier molecular flexibility index (Phi) is 7.61. The summed E-state index contributed by atoms with van der Waals surface area (Å²) in [6, 6.07) is 1.38. The molecule has 0 spiro atoms. The van der Waals surface area contributed by atoms with Crippen molar-refractivity contribution < 1.29 is 28.6 Å². The molecule has 0 bridgehead atoms. The number of esters is 1. The van der Waals surface area contributed by atoms with Gasteiger partial charge in [0.05, 0.1) is 4.92 Å². The average molecular weight is 373 g/mol. The van der Waals surface area contributed by atoms with Gasteiger partial charge in [0.25, 0.3) is 0 Å². The minimum absolute atomic E-state index is 0.112. The molecular weight excluding hydrogens is 354 g/mol. The summed E-state index contributed by atoms with van der Waals surface area (Å²) in [5, 5.41) is 19.9. The van der Waals surface area contributed by atoms with Gasteiger partial charge < -0.3 is 21.3 Å². The van der Waals surface area contributed by atoms with Gasteiger partial charge in [0.2, 0.25) is 5.75 Å². The molecule has 1 unspecified atom stereocenters. The smallest absolute Gasteiger partial charge is 0.328 e.